The summed E-state index contributed by atoms with van der Waals surface area (Å²) in [5.41, 5.74) is 0.434. The summed E-state index contributed by atoms with van der Waals surface area (Å²) >= 11 is 3.31. The first-order valence-electron chi connectivity index (χ1n) is 5.55. The third-order valence-electron chi connectivity index (χ3n) is 3.41. The van der Waals surface area contributed by atoms with Gasteiger partial charge in [0.25, 0.3) is 0 Å². The molecular weight excluding hydrogens is 254 g/mol. The molecule has 1 aliphatic carbocycles. The topological polar surface area (TPSA) is 25.2 Å². The highest BCUT2D eigenvalue weighted by Crippen LogP contribution is 2.37. The zero-order chi connectivity index (χ0) is 10.9. The molecule has 1 saturated carbocycles. The second-order valence-electron chi connectivity index (χ2n) is 5.02. The molecule has 1 N–H and O–H groups in total. The van der Waals surface area contributed by atoms with Gasteiger partial charge >= 0.3 is 0 Å². The Labute approximate surface area is 99.6 Å². The molecule has 1 heterocycles. The van der Waals surface area contributed by atoms with Crippen molar-refractivity contribution in [1.29, 1.82) is 0 Å². The highest BCUT2D eigenvalue weighted by atomic mass is 79.9. The van der Waals surface area contributed by atoms with Crippen molar-refractivity contribution in [3.8, 4) is 0 Å². The van der Waals surface area contributed by atoms with Crippen LogP contribution in [0.1, 0.15) is 38.9 Å². The van der Waals surface area contributed by atoms with Crippen molar-refractivity contribution in [2.45, 2.75) is 45.7 Å². The standard InChI is InChI=1S/C12H18BrNO/c1-12(2)7-3-4-10(12)14-8-9-5-6-11(13)15-9/h5-6,10,14H,3-4,7-8H2,1-2H3. The summed E-state index contributed by atoms with van der Waals surface area (Å²) in [5.74, 6) is 1.00. The second kappa shape index (κ2) is 4.30. The monoisotopic (exact) mass is 271 g/mol. The molecule has 1 atom stereocenters. The Morgan fingerprint density at radius 2 is 2.33 bits per heavy atom. The number of hydrogen-bond acceptors (Lipinski definition) is 2. The maximum atomic E-state index is 5.47. The highest BCUT2D eigenvalue weighted by molar-refractivity contribution is 9.10. The minimum atomic E-state index is 0.434. The Morgan fingerprint density at radius 1 is 1.53 bits per heavy atom. The van der Waals surface area contributed by atoms with E-state index in [0.29, 0.717) is 11.5 Å². The number of halogens is 1. The summed E-state index contributed by atoms with van der Waals surface area (Å²) in [4.78, 5) is 0. The van der Waals surface area contributed by atoms with Crippen LogP contribution in [0, 0.1) is 5.41 Å². The molecule has 0 radical (unpaired) electrons. The van der Waals surface area contributed by atoms with Gasteiger partial charge in [0.2, 0.25) is 0 Å². The molecular formula is C12H18BrNO. The Hall–Kier alpha value is -0.280. The van der Waals surface area contributed by atoms with Crippen LogP contribution in [0.2, 0.25) is 0 Å². The van der Waals surface area contributed by atoms with Gasteiger partial charge in [0.1, 0.15) is 5.76 Å². The zero-order valence-corrected chi connectivity index (χ0v) is 10.9. The van der Waals surface area contributed by atoms with E-state index in [4.69, 9.17) is 4.42 Å². The van der Waals surface area contributed by atoms with E-state index in [1.165, 1.54) is 19.3 Å². The van der Waals surface area contributed by atoms with E-state index < -0.39 is 0 Å². The molecule has 0 amide bonds. The minimum Gasteiger partial charge on any atom is -0.453 e. The first-order chi connectivity index (χ1) is 7.08. The van der Waals surface area contributed by atoms with Gasteiger partial charge in [-0.1, -0.05) is 20.3 Å². The summed E-state index contributed by atoms with van der Waals surface area (Å²) in [5, 5.41) is 3.59. The van der Waals surface area contributed by atoms with E-state index in [9.17, 15) is 0 Å². The van der Waals surface area contributed by atoms with Crippen molar-refractivity contribution >= 4 is 15.9 Å². The van der Waals surface area contributed by atoms with Crippen LogP contribution in [-0.4, -0.2) is 6.04 Å². The van der Waals surface area contributed by atoms with Crippen LogP contribution in [0.5, 0.6) is 0 Å². The Kier molecular flexibility index (Phi) is 3.21. The lowest BCUT2D eigenvalue weighted by Crippen LogP contribution is -2.37. The molecule has 1 aliphatic rings. The fourth-order valence-electron chi connectivity index (χ4n) is 2.38. The fourth-order valence-corrected chi connectivity index (χ4v) is 2.72. The number of nitrogens with one attached hydrogen (secondary N) is 1. The zero-order valence-electron chi connectivity index (χ0n) is 9.35. The molecule has 1 aromatic rings. The van der Waals surface area contributed by atoms with Crippen molar-refractivity contribution in [2.24, 2.45) is 5.41 Å². The first-order valence-corrected chi connectivity index (χ1v) is 6.35. The SMILES string of the molecule is CC1(C)CCCC1NCc1ccc(Br)o1. The maximum absolute atomic E-state index is 5.47. The molecule has 1 fully saturated rings. The lowest BCUT2D eigenvalue weighted by atomic mass is 9.87. The van der Waals surface area contributed by atoms with Gasteiger partial charge in [-0.2, -0.15) is 0 Å². The normalized spacial score (nSPS) is 24.6. The Morgan fingerprint density at radius 3 is 2.87 bits per heavy atom. The van der Waals surface area contributed by atoms with E-state index in [0.717, 1.165) is 17.0 Å². The largest absolute Gasteiger partial charge is 0.453 e. The third kappa shape index (κ3) is 2.64. The van der Waals surface area contributed by atoms with E-state index in [2.05, 4.69) is 35.1 Å². The molecule has 1 aromatic heterocycles. The predicted molar refractivity (Wildman–Crippen MR) is 64.7 cm³/mol. The van der Waals surface area contributed by atoms with Crippen LogP contribution in [0.3, 0.4) is 0 Å². The molecule has 1 unspecified atom stereocenters. The molecule has 2 rings (SSSR count). The third-order valence-corrected chi connectivity index (χ3v) is 3.83. The molecule has 0 aliphatic heterocycles. The Bertz CT molecular complexity index is 332. The number of rotatable bonds is 3. The predicted octanol–water partition coefficient (Wildman–Crippen LogP) is 3.71. The number of hydrogen-bond donors (Lipinski definition) is 1. The average Bonchev–Trinajstić information content (AvgIpc) is 2.69. The van der Waals surface area contributed by atoms with Gasteiger partial charge in [-0.3, -0.25) is 0 Å². The van der Waals surface area contributed by atoms with Gasteiger partial charge in [0.15, 0.2) is 4.67 Å². The van der Waals surface area contributed by atoms with Gasteiger partial charge < -0.3 is 9.73 Å². The summed E-state index contributed by atoms with van der Waals surface area (Å²) in [7, 11) is 0. The second-order valence-corrected chi connectivity index (χ2v) is 5.80. The van der Waals surface area contributed by atoms with Gasteiger partial charge in [0, 0.05) is 6.04 Å². The molecule has 0 aromatic carbocycles. The summed E-state index contributed by atoms with van der Waals surface area (Å²) in [6.07, 6.45) is 3.95. The molecule has 0 bridgehead atoms. The number of furan rings is 1. The summed E-state index contributed by atoms with van der Waals surface area (Å²) < 4.78 is 6.28. The lowest BCUT2D eigenvalue weighted by molar-refractivity contribution is 0.275. The van der Waals surface area contributed by atoms with E-state index in [-0.39, 0.29) is 0 Å². The molecule has 3 heteroatoms. The van der Waals surface area contributed by atoms with Crippen LogP contribution in [0.15, 0.2) is 21.2 Å². The van der Waals surface area contributed by atoms with Crippen molar-refractivity contribution in [2.75, 3.05) is 0 Å². The molecule has 0 saturated heterocycles. The quantitative estimate of drug-likeness (QED) is 0.907. The van der Waals surface area contributed by atoms with Crippen molar-refractivity contribution < 1.29 is 4.42 Å². The molecule has 0 spiro atoms. The smallest absolute Gasteiger partial charge is 0.169 e. The summed E-state index contributed by atoms with van der Waals surface area (Å²) in [6.45, 7) is 5.52. The van der Waals surface area contributed by atoms with E-state index in [1.807, 2.05) is 12.1 Å². The van der Waals surface area contributed by atoms with Gasteiger partial charge in [-0.15, -0.1) is 0 Å². The molecule has 2 nitrogen and oxygen atoms in total. The fraction of sp³-hybridized carbons (Fsp3) is 0.667. The average molecular weight is 272 g/mol. The summed E-state index contributed by atoms with van der Waals surface area (Å²) in [6, 6.07) is 4.58. The highest BCUT2D eigenvalue weighted by Gasteiger charge is 2.33. The van der Waals surface area contributed by atoms with Crippen LogP contribution < -0.4 is 5.32 Å². The van der Waals surface area contributed by atoms with Crippen LogP contribution in [-0.2, 0) is 6.54 Å². The van der Waals surface area contributed by atoms with Crippen LogP contribution >= 0.6 is 15.9 Å². The lowest BCUT2D eigenvalue weighted by Gasteiger charge is -2.27. The van der Waals surface area contributed by atoms with Gasteiger partial charge in [-0.25, -0.2) is 0 Å². The van der Waals surface area contributed by atoms with E-state index >= 15 is 0 Å². The maximum Gasteiger partial charge on any atom is 0.169 e. The van der Waals surface area contributed by atoms with Gasteiger partial charge in [0.05, 0.1) is 6.54 Å². The van der Waals surface area contributed by atoms with Crippen molar-refractivity contribution in [1.82, 2.24) is 5.32 Å². The van der Waals surface area contributed by atoms with Crippen LogP contribution in [0.4, 0.5) is 0 Å². The first kappa shape index (κ1) is 11.2. The molecule has 84 valence electrons. The van der Waals surface area contributed by atoms with Crippen LogP contribution in [0.25, 0.3) is 0 Å². The molecule has 15 heavy (non-hydrogen) atoms. The van der Waals surface area contributed by atoms with Gasteiger partial charge in [-0.05, 0) is 46.3 Å². The van der Waals surface area contributed by atoms with E-state index in [1.54, 1.807) is 0 Å². The Balaban J connectivity index is 1.88. The van der Waals surface area contributed by atoms with Crippen molar-refractivity contribution in [3.63, 3.8) is 0 Å². The van der Waals surface area contributed by atoms with Crippen molar-refractivity contribution in [3.05, 3.63) is 22.6 Å². The minimum absolute atomic E-state index is 0.434.